The number of carbonyl (C=O) groups is 3. The van der Waals surface area contributed by atoms with E-state index in [0.29, 0.717) is 23.1 Å². The number of ether oxygens (including phenoxy) is 1. The van der Waals surface area contributed by atoms with Gasteiger partial charge in [0.15, 0.2) is 22.1 Å². The molecule has 0 radical (unpaired) electrons. The molecule has 2 aromatic heterocycles. The van der Waals surface area contributed by atoms with Crippen molar-refractivity contribution in [1.29, 1.82) is 0 Å². The van der Waals surface area contributed by atoms with Crippen molar-refractivity contribution < 1.29 is 27.5 Å². The van der Waals surface area contributed by atoms with E-state index >= 15 is 0 Å². The fraction of sp³-hybridized carbons (Fsp3) is 0.526. The van der Waals surface area contributed by atoms with Crippen molar-refractivity contribution in [2.24, 2.45) is 0 Å². The van der Waals surface area contributed by atoms with E-state index in [9.17, 15) is 22.8 Å². The van der Waals surface area contributed by atoms with Crippen molar-refractivity contribution in [2.75, 3.05) is 25.2 Å². The van der Waals surface area contributed by atoms with E-state index in [0.717, 1.165) is 18.5 Å². The van der Waals surface area contributed by atoms with E-state index in [1.165, 1.54) is 7.05 Å². The molecule has 11 nitrogen and oxygen atoms in total. The standard InChI is InChI=1S/C19H23N5O6S/c1-10-16-13(18(26)30-8-15(25)22-19(27)20-2)7-14(11-3-4-11)21-17(16)24(23-10)12-5-6-31(28,29)9-12/h7,11-12H,3-6,8-9H2,1-2H3,(H2,20,22,25,27). The van der Waals surface area contributed by atoms with Crippen molar-refractivity contribution in [3.05, 3.63) is 23.0 Å². The molecule has 0 bridgehead atoms. The molecule has 2 fully saturated rings. The molecule has 2 aliphatic rings. The van der Waals surface area contributed by atoms with Crippen molar-refractivity contribution >= 4 is 38.8 Å². The summed E-state index contributed by atoms with van der Waals surface area (Å²) in [6.07, 6.45) is 2.34. The van der Waals surface area contributed by atoms with Crippen LogP contribution in [0.15, 0.2) is 6.07 Å². The molecule has 2 N–H and O–H groups in total. The Morgan fingerprint density at radius 3 is 2.61 bits per heavy atom. The average Bonchev–Trinajstić information content (AvgIpc) is 3.44. The summed E-state index contributed by atoms with van der Waals surface area (Å²) in [7, 11) is -1.77. The lowest BCUT2D eigenvalue weighted by atomic mass is 10.1. The number of nitrogens with zero attached hydrogens (tertiary/aromatic N) is 3. The monoisotopic (exact) mass is 449 g/mol. The topological polar surface area (TPSA) is 149 Å². The first-order valence-corrected chi connectivity index (χ1v) is 11.8. The molecule has 1 atom stereocenters. The van der Waals surface area contributed by atoms with Crippen molar-refractivity contribution in [3.63, 3.8) is 0 Å². The highest BCUT2D eigenvalue weighted by Gasteiger charge is 2.34. The summed E-state index contributed by atoms with van der Waals surface area (Å²) in [5.74, 6) is -1.19. The summed E-state index contributed by atoms with van der Waals surface area (Å²) in [4.78, 5) is 40.5. The predicted molar refractivity (Wildman–Crippen MR) is 109 cm³/mol. The number of esters is 1. The second-order valence-electron chi connectivity index (χ2n) is 7.86. The number of sulfone groups is 1. The molecule has 166 valence electrons. The lowest BCUT2D eigenvalue weighted by molar-refractivity contribution is -0.123. The van der Waals surface area contributed by atoms with Crippen LogP contribution in [0.3, 0.4) is 0 Å². The summed E-state index contributed by atoms with van der Waals surface area (Å²) in [6.45, 7) is 1.10. The molecule has 3 amide bonds. The molecule has 12 heteroatoms. The summed E-state index contributed by atoms with van der Waals surface area (Å²) in [5, 5.41) is 9.23. The Hall–Kier alpha value is -3.02. The molecule has 0 spiro atoms. The number of amides is 3. The van der Waals surface area contributed by atoms with Gasteiger partial charge in [-0.15, -0.1) is 0 Å². The van der Waals surface area contributed by atoms with Crippen LogP contribution in [0, 0.1) is 6.92 Å². The summed E-state index contributed by atoms with van der Waals surface area (Å²) in [5.41, 5.74) is 1.92. The Bertz CT molecular complexity index is 1180. The summed E-state index contributed by atoms with van der Waals surface area (Å²) < 4.78 is 30.7. The number of nitrogens with one attached hydrogen (secondary N) is 2. The average molecular weight is 449 g/mol. The molecular formula is C19H23N5O6S. The van der Waals surface area contributed by atoms with Gasteiger partial charge < -0.3 is 10.1 Å². The molecule has 2 aromatic rings. The minimum Gasteiger partial charge on any atom is -0.452 e. The number of imide groups is 1. The van der Waals surface area contributed by atoms with Gasteiger partial charge in [-0.05, 0) is 32.3 Å². The predicted octanol–water partition coefficient (Wildman–Crippen LogP) is 0.589. The fourth-order valence-corrected chi connectivity index (χ4v) is 5.43. The number of hydrogen-bond acceptors (Lipinski definition) is 8. The number of rotatable bonds is 5. The fourth-order valence-electron chi connectivity index (χ4n) is 3.74. The third-order valence-corrected chi connectivity index (χ3v) is 7.19. The molecule has 1 saturated carbocycles. The second-order valence-corrected chi connectivity index (χ2v) is 10.1. The van der Waals surface area contributed by atoms with E-state index in [1.54, 1.807) is 17.7 Å². The first-order valence-electron chi connectivity index (χ1n) is 9.97. The maximum atomic E-state index is 12.8. The molecule has 31 heavy (non-hydrogen) atoms. The molecule has 1 aliphatic carbocycles. The van der Waals surface area contributed by atoms with Crippen LogP contribution in [0.5, 0.6) is 0 Å². The van der Waals surface area contributed by atoms with Gasteiger partial charge in [0.05, 0.1) is 34.2 Å². The molecule has 1 unspecified atom stereocenters. The van der Waals surface area contributed by atoms with Crippen LogP contribution in [0.4, 0.5) is 4.79 Å². The number of urea groups is 1. The van der Waals surface area contributed by atoms with Gasteiger partial charge in [-0.2, -0.15) is 5.10 Å². The number of pyridine rings is 1. The van der Waals surface area contributed by atoms with Gasteiger partial charge in [-0.1, -0.05) is 0 Å². The normalized spacial score (nSPS) is 19.9. The van der Waals surface area contributed by atoms with Crippen molar-refractivity contribution in [2.45, 2.75) is 38.1 Å². The SMILES string of the molecule is CNC(=O)NC(=O)COC(=O)c1cc(C2CC2)nc2c1c(C)nn2C1CCS(=O)(=O)C1. The van der Waals surface area contributed by atoms with Gasteiger partial charge in [-0.3, -0.25) is 10.1 Å². The Morgan fingerprint density at radius 2 is 2.00 bits per heavy atom. The van der Waals surface area contributed by atoms with Gasteiger partial charge in [0, 0.05) is 18.7 Å². The zero-order valence-electron chi connectivity index (χ0n) is 17.2. The van der Waals surface area contributed by atoms with Crippen LogP contribution in [0.2, 0.25) is 0 Å². The molecule has 4 rings (SSSR count). The number of hydrogen-bond donors (Lipinski definition) is 2. The first-order chi connectivity index (χ1) is 14.7. The Morgan fingerprint density at radius 1 is 1.26 bits per heavy atom. The van der Waals surface area contributed by atoms with Crippen molar-refractivity contribution in [1.82, 2.24) is 25.4 Å². The van der Waals surface area contributed by atoms with Gasteiger partial charge in [0.1, 0.15) is 0 Å². The van der Waals surface area contributed by atoms with E-state index in [4.69, 9.17) is 9.72 Å². The maximum absolute atomic E-state index is 12.8. The molecular weight excluding hydrogens is 426 g/mol. The summed E-state index contributed by atoms with van der Waals surface area (Å²) >= 11 is 0. The van der Waals surface area contributed by atoms with Gasteiger partial charge in [0.25, 0.3) is 5.91 Å². The minimum absolute atomic E-state index is 0.0159. The zero-order chi connectivity index (χ0) is 22.3. The van der Waals surface area contributed by atoms with Crippen LogP contribution in [-0.2, 0) is 19.4 Å². The zero-order valence-corrected chi connectivity index (χ0v) is 18.0. The lowest BCUT2D eigenvalue weighted by Crippen LogP contribution is -2.39. The van der Waals surface area contributed by atoms with E-state index in [1.807, 2.05) is 5.32 Å². The highest BCUT2D eigenvalue weighted by molar-refractivity contribution is 7.91. The molecule has 1 saturated heterocycles. The minimum atomic E-state index is -3.13. The quantitative estimate of drug-likeness (QED) is 0.630. The van der Waals surface area contributed by atoms with Gasteiger partial charge in [0.2, 0.25) is 0 Å². The summed E-state index contributed by atoms with van der Waals surface area (Å²) in [6, 6.07) is 0.612. The highest BCUT2D eigenvalue weighted by Crippen LogP contribution is 2.41. The molecule has 1 aliphatic heterocycles. The number of fused-ring (bicyclic) bond motifs is 1. The highest BCUT2D eigenvalue weighted by atomic mass is 32.2. The second kappa shape index (κ2) is 7.91. The molecule has 0 aromatic carbocycles. The van der Waals surface area contributed by atoms with Gasteiger partial charge >= 0.3 is 12.0 Å². The number of aryl methyl sites for hydroxylation is 1. The van der Waals surface area contributed by atoms with E-state index in [2.05, 4.69) is 10.4 Å². The third-order valence-electron chi connectivity index (χ3n) is 5.44. The third kappa shape index (κ3) is 4.38. The van der Waals surface area contributed by atoms with Crippen LogP contribution in [0.25, 0.3) is 11.0 Å². The Labute approximate surface area is 178 Å². The first kappa shape index (κ1) is 21.2. The van der Waals surface area contributed by atoms with Crippen LogP contribution in [-0.4, -0.2) is 66.3 Å². The smallest absolute Gasteiger partial charge is 0.339 e. The molecule has 3 heterocycles. The van der Waals surface area contributed by atoms with Crippen molar-refractivity contribution in [3.8, 4) is 0 Å². The largest absolute Gasteiger partial charge is 0.452 e. The van der Waals surface area contributed by atoms with E-state index in [-0.39, 0.29) is 29.0 Å². The lowest BCUT2D eigenvalue weighted by Gasteiger charge is -2.12. The maximum Gasteiger partial charge on any atom is 0.339 e. The van der Waals surface area contributed by atoms with Gasteiger partial charge in [-0.25, -0.2) is 27.7 Å². The van der Waals surface area contributed by atoms with Crippen LogP contribution >= 0.6 is 0 Å². The van der Waals surface area contributed by atoms with Crippen LogP contribution < -0.4 is 10.6 Å². The number of aromatic nitrogens is 3. The van der Waals surface area contributed by atoms with E-state index < -0.39 is 34.4 Å². The van der Waals surface area contributed by atoms with Crippen LogP contribution in [0.1, 0.15) is 53.0 Å². The number of carbonyl (C=O) groups excluding carboxylic acids is 3. The Balaban J connectivity index is 1.67. The Kier molecular flexibility index (Phi) is 5.42.